The zero-order chi connectivity index (χ0) is 20.8. The highest BCUT2D eigenvalue weighted by Crippen LogP contribution is 2.32. The number of hydrogen-bond acceptors (Lipinski definition) is 4. The number of piperazine rings is 1. The minimum absolute atomic E-state index is 0.0306. The molecule has 2 amide bonds. The minimum atomic E-state index is -0.508. The molecule has 1 atom stereocenters. The van der Waals surface area contributed by atoms with E-state index < -0.39 is 6.04 Å². The lowest BCUT2D eigenvalue weighted by molar-refractivity contribution is -0.157. The average molecular weight is 401 g/mol. The highest BCUT2D eigenvalue weighted by Gasteiger charge is 2.43. The molecule has 2 aliphatic heterocycles. The predicted octanol–water partition coefficient (Wildman–Crippen LogP) is 2.36. The number of rotatable bonds is 3. The summed E-state index contributed by atoms with van der Waals surface area (Å²) in [6.45, 7) is 0.403. The van der Waals surface area contributed by atoms with Gasteiger partial charge in [-0.2, -0.15) is 5.10 Å². The summed E-state index contributed by atoms with van der Waals surface area (Å²) in [7, 11) is 3.96. The number of nitrogens with zero attached hydrogens (tertiary/aromatic N) is 4. The molecule has 1 fully saturated rings. The number of aromatic amines is 1. The zero-order valence-corrected chi connectivity index (χ0v) is 17.0. The van der Waals surface area contributed by atoms with Gasteiger partial charge in [-0.15, -0.1) is 0 Å². The molecule has 0 spiro atoms. The minimum Gasteiger partial charge on any atom is -0.378 e. The molecule has 1 N–H and O–H groups in total. The van der Waals surface area contributed by atoms with Crippen molar-refractivity contribution in [2.45, 2.75) is 19.0 Å². The summed E-state index contributed by atoms with van der Waals surface area (Å²) in [5.41, 5.74) is 5.15. The molecular formula is C23H23N5O2. The van der Waals surface area contributed by atoms with Gasteiger partial charge in [-0.3, -0.25) is 9.59 Å². The summed E-state index contributed by atoms with van der Waals surface area (Å²) in [6, 6.07) is 15.4. The van der Waals surface area contributed by atoms with Gasteiger partial charge >= 0.3 is 0 Å². The van der Waals surface area contributed by atoms with Crippen molar-refractivity contribution in [1.82, 2.24) is 14.9 Å². The number of anilines is 1. The second kappa shape index (κ2) is 7.02. The molecule has 0 saturated carbocycles. The number of para-hydroxylation sites is 1. The molecule has 0 bridgehead atoms. The maximum absolute atomic E-state index is 13.1. The molecule has 0 radical (unpaired) electrons. The van der Waals surface area contributed by atoms with Crippen molar-refractivity contribution in [2.24, 2.45) is 5.10 Å². The number of hydrogen-bond donors (Lipinski definition) is 1. The smallest absolute Gasteiger partial charge is 0.266 e. The molecule has 1 aromatic heterocycles. The van der Waals surface area contributed by atoms with E-state index in [0.717, 1.165) is 33.4 Å². The molecule has 30 heavy (non-hydrogen) atoms. The van der Waals surface area contributed by atoms with Crippen LogP contribution >= 0.6 is 0 Å². The maximum Gasteiger partial charge on any atom is 0.266 e. The lowest BCUT2D eigenvalue weighted by atomic mass is 9.94. The number of fused-ring (bicyclic) bond motifs is 4. The van der Waals surface area contributed by atoms with E-state index in [1.165, 1.54) is 5.01 Å². The SMILES string of the molecule is CN(C)c1ccc(C=NN2CC(=O)N3Cc4[nH]c5ccccc5c4CC3C2=O)cc1. The standard InChI is InChI=1S/C23H23N5O2/c1-26(2)16-9-7-15(8-10-16)12-24-28-14-22(29)27-13-20-18(11-21(27)23(28)30)17-5-3-4-6-19(17)25-20/h3-10,12,21,25H,11,13-14H2,1-2H3. The molecule has 7 nitrogen and oxygen atoms in total. The van der Waals surface area contributed by atoms with Gasteiger partial charge < -0.3 is 14.8 Å². The Hall–Kier alpha value is -3.61. The fourth-order valence-corrected chi connectivity index (χ4v) is 4.25. The number of aromatic nitrogens is 1. The summed E-state index contributed by atoms with van der Waals surface area (Å²) in [6.07, 6.45) is 2.15. The van der Waals surface area contributed by atoms with Gasteiger partial charge in [0.2, 0.25) is 5.91 Å². The Kier molecular flexibility index (Phi) is 4.31. The van der Waals surface area contributed by atoms with Crippen LogP contribution in [0.5, 0.6) is 0 Å². The number of benzene rings is 2. The van der Waals surface area contributed by atoms with Crippen molar-refractivity contribution in [3.63, 3.8) is 0 Å². The highest BCUT2D eigenvalue weighted by atomic mass is 16.2. The van der Waals surface area contributed by atoms with Crippen LogP contribution in [-0.4, -0.2) is 59.6 Å². The molecule has 1 unspecified atom stereocenters. The first-order chi connectivity index (χ1) is 14.5. The van der Waals surface area contributed by atoms with Crippen molar-refractivity contribution in [2.75, 3.05) is 25.5 Å². The van der Waals surface area contributed by atoms with E-state index in [2.05, 4.69) is 16.2 Å². The second-order valence-electron chi connectivity index (χ2n) is 8.00. The summed E-state index contributed by atoms with van der Waals surface area (Å²) < 4.78 is 0. The number of amides is 2. The van der Waals surface area contributed by atoms with E-state index in [4.69, 9.17) is 0 Å². The Bertz CT molecular complexity index is 1160. The Morgan fingerprint density at radius 1 is 1.07 bits per heavy atom. The molecule has 3 aromatic rings. The molecular weight excluding hydrogens is 378 g/mol. The average Bonchev–Trinajstić information content (AvgIpc) is 3.12. The first-order valence-electron chi connectivity index (χ1n) is 10.0. The number of hydrazone groups is 1. The van der Waals surface area contributed by atoms with Crippen LogP contribution in [0.4, 0.5) is 5.69 Å². The van der Waals surface area contributed by atoms with Gasteiger partial charge in [-0.05, 0) is 29.3 Å². The fraction of sp³-hybridized carbons (Fsp3) is 0.261. The molecule has 3 heterocycles. The molecule has 152 valence electrons. The van der Waals surface area contributed by atoms with E-state index in [1.807, 2.05) is 61.5 Å². The van der Waals surface area contributed by atoms with Crippen LogP contribution in [-0.2, 0) is 22.6 Å². The molecule has 2 aromatic carbocycles. The van der Waals surface area contributed by atoms with Gasteiger partial charge in [0.15, 0.2) is 0 Å². The number of H-pyrrole nitrogens is 1. The van der Waals surface area contributed by atoms with Gasteiger partial charge in [0.1, 0.15) is 12.6 Å². The third-order valence-corrected chi connectivity index (χ3v) is 5.90. The Morgan fingerprint density at radius 3 is 2.60 bits per heavy atom. The van der Waals surface area contributed by atoms with Crippen LogP contribution in [0.15, 0.2) is 53.6 Å². The summed E-state index contributed by atoms with van der Waals surface area (Å²) in [4.78, 5) is 33.0. The fourth-order valence-electron chi connectivity index (χ4n) is 4.25. The van der Waals surface area contributed by atoms with Crippen LogP contribution in [0.1, 0.15) is 16.8 Å². The monoisotopic (exact) mass is 401 g/mol. The van der Waals surface area contributed by atoms with Crippen LogP contribution < -0.4 is 4.90 Å². The first kappa shape index (κ1) is 18.4. The van der Waals surface area contributed by atoms with Crippen LogP contribution in [0.2, 0.25) is 0 Å². The van der Waals surface area contributed by atoms with Crippen LogP contribution in [0, 0.1) is 0 Å². The molecule has 1 saturated heterocycles. The third-order valence-electron chi connectivity index (χ3n) is 5.90. The normalized spacial score (nSPS) is 18.8. The van der Waals surface area contributed by atoms with Gasteiger partial charge in [0.25, 0.3) is 5.91 Å². The molecule has 5 rings (SSSR count). The maximum atomic E-state index is 13.1. The topological polar surface area (TPSA) is 72.0 Å². The van der Waals surface area contributed by atoms with E-state index in [1.54, 1.807) is 11.1 Å². The largest absolute Gasteiger partial charge is 0.378 e. The molecule has 2 aliphatic rings. The zero-order valence-electron chi connectivity index (χ0n) is 17.0. The lowest BCUT2D eigenvalue weighted by Gasteiger charge is -2.40. The molecule has 0 aliphatic carbocycles. The van der Waals surface area contributed by atoms with Gasteiger partial charge in [-0.25, -0.2) is 5.01 Å². The summed E-state index contributed by atoms with van der Waals surface area (Å²) >= 11 is 0. The van der Waals surface area contributed by atoms with Gasteiger partial charge in [0, 0.05) is 42.8 Å². The van der Waals surface area contributed by atoms with Crippen molar-refractivity contribution < 1.29 is 9.59 Å². The second-order valence-corrected chi connectivity index (χ2v) is 8.00. The Morgan fingerprint density at radius 2 is 1.83 bits per heavy atom. The number of carbonyl (C=O) groups excluding carboxylic acids is 2. The van der Waals surface area contributed by atoms with Crippen molar-refractivity contribution in [3.05, 3.63) is 65.4 Å². The molecule has 7 heteroatoms. The van der Waals surface area contributed by atoms with Crippen molar-refractivity contribution >= 4 is 34.6 Å². The van der Waals surface area contributed by atoms with Crippen LogP contribution in [0.25, 0.3) is 10.9 Å². The Balaban J connectivity index is 1.39. The van der Waals surface area contributed by atoms with Crippen molar-refractivity contribution in [1.29, 1.82) is 0 Å². The quantitative estimate of drug-likeness (QED) is 0.685. The van der Waals surface area contributed by atoms with E-state index in [-0.39, 0.29) is 18.4 Å². The predicted molar refractivity (Wildman–Crippen MR) is 116 cm³/mol. The Labute approximate surface area is 174 Å². The van der Waals surface area contributed by atoms with Gasteiger partial charge in [0.05, 0.1) is 12.8 Å². The first-order valence-corrected chi connectivity index (χ1v) is 10.0. The van der Waals surface area contributed by atoms with Crippen molar-refractivity contribution in [3.8, 4) is 0 Å². The third kappa shape index (κ3) is 3.03. The number of carbonyl (C=O) groups is 2. The van der Waals surface area contributed by atoms with E-state index in [0.29, 0.717) is 13.0 Å². The summed E-state index contributed by atoms with van der Waals surface area (Å²) in [5, 5.41) is 6.77. The lowest BCUT2D eigenvalue weighted by Crippen LogP contribution is -2.60. The highest BCUT2D eigenvalue weighted by molar-refractivity contribution is 5.97. The summed E-state index contributed by atoms with van der Waals surface area (Å²) in [5.74, 6) is -0.212. The number of nitrogens with one attached hydrogen (secondary N) is 1. The van der Waals surface area contributed by atoms with E-state index >= 15 is 0 Å². The van der Waals surface area contributed by atoms with Crippen LogP contribution in [0.3, 0.4) is 0 Å². The van der Waals surface area contributed by atoms with E-state index in [9.17, 15) is 9.59 Å². The van der Waals surface area contributed by atoms with Gasteiger partial charge in [-0.1, -0.05) is 30.3 Å².